The third kappa shape index (κ3) is 3.89. The summed E-state index contributed by atoms with van der Waals surface area (Å²) in [6, 6.07) is 3.53. The number of carbonyl (C=O) groups excluding carboxylic acids is 1. The summed E-state index contributed by atoms with van der Waals surface area (Å²) in [5, 5.41) is 0.400. The molecule has 3 nitrogen and oxygen atoms in total. The maximum absolute atomic E-state index is 12.6. The van der Waals surface area contributed by atoms with Crippen molar-refractivity contribution in [2.45, 2.75) is 38.4 Å². The second-order valence-corrected chi connectivity index (χ2v) is 7.86. The van der Waals surface area contributed by atoms with Crippen molar-refractivity contribution >= 4 is 29.3 Å². The minimum absolute atomic E-state index is 0.0716. The van der Waals surface area contributed by atoms with E-state index in [-0.39, 0.29) is 10.7 Å². The molecular formula is C15H21ClN2OS. The molecule has 0 saturated carbocycles. The zero-order valence-corrected chi connectivity index (χ0v) is 13.9. The second-order valence-electron chi connectivity index (χ2n) is 5.67. The van der Waals surface area contributed by atoms with Gasteiger partial charge in [0.05, 0.1) is 0 Å². The standard InChI is InChI=1S/C15H21ClN2OS/c1-4-12-9-11(10-13(16)17-12)14(19)18-6-5-15(2,3)20-8-7-18/h9-10H,4-8H2,1-3H3. The van der Waals surface area contributed by atoms with Crippen LogP contribution in [0, 0.1) is 0 Å². The molecule has 1 saturated heterocycles. The van der Waals surface area contributed by atoms with E-state index in [0.717, 1.165) is 37.4 Å². The lowest BCUT2D eigenvalue weighted by Crippen LogP contribution is -2.33. The van der Waals surface area contributed by atoms with Gasteiger partial charge < -0.3 is 4.90 Å². The van der Waals surface area contributed by atoms with Gasteiger partial charge in [0.15, 0.2) is 0 Å². The summed E-state index contributed by atoms with van der Waals surface area (Å²) in [6.45, 7) is 8.10. The molecule has 1 fully saturated rings. The summed E-state index contributed by atoms with van der Waals surface area (Å²) in [5.74, 6) is 1.06. The van der Waals surface area contributed by atoms with Gasteiger partial charge in [0, 0.05) is 34.8 Å². The van der Waals surface area contributed by atoms with Crippen LogP contribution in [-0.2, 0) is 6.42 Å². The Morgan fingerprint density at radius 2 is 2.20 bits per heavy atom. The Hall–Kier alpha value is -0.740. The highest BCUT2D eigenvalue weighted by atomic mass is 35.5. The number of rotatable bonds is 2. The van der Waals surface area contributed by atoms with Crippen molar-refractivity contribution in [3.8, 4) is 0 Å². The molecule has 2 rings (SSSR count). The lowest BCUT2D eigenvalue weighted by Gasteiger charge is -2.23. The normalized spacial score (nSPS) is 18.7. The number of hydrogen-bond donors (Lipinski definition) is 0. The van der Waals surface area contributed by atoms with E-state index >= 15 is 0 Å². The van der Waals surface area contributed by atoms with E-state index in [4.69, 9.17) is 11.6 Å². The van der Waals surface area contributed by atoms with Crippen LogP contribution in [0.1, 0.15) is 43.2 Å². The first kappa shape index (κ1) is 15.6. The molecule has 0 N–H and O–H groups in total. The SMILES string of the molecule is CCc1cc(C(=O)N2CCSC(C)(C)CC2)cc(Cl)n1. The maximum Gasteiger partial charge on any atom is 0.254 e. The summed E-state index contributed by atoms with van der Waals surface area (Å²) >= 11 is 7.94. The average molecular weight is 313 g/mol. The molecule has 1 aromatic heterocycles. The molecule has 5 heteroatoms. The molecule has 0 bridgehead atoms. The van der Waals surface area contributed by atoms with E-state index in [9.17, 15) is 4.79 Å². The molecule has 0 atom stereocenters. The molecule has 1 aliphatic heterocycles. The summed E-state index contributed by atoms with van der Waals surface area (Å²) in [4.78, 5) is 18.8. The molecule has 0 radical (unpaired) electrons. The molecule has 20 heavy (non-hydrogen) atoms. The quantitative estimate of drug-likeness (QED) is 0.781. The van der Waals surface area contributed by atoms with Crippen molar-refractivity contribution in [1.82, 2.24) is 9.88 Å². The van der Waals surface area contributed by atoms with Crippen molar-refractivity contribution in [3.05, 3.63) is 28.5 Å². The van der Waals surface area contributed by atoms with Gasteiger partial charge >= 0.3 is 0 Å². The zero-order chi connectivity index (χ0) is 14.8. The van der Waals surface area contributed by atoms with Gasteiger partial charge in [0.25, 0.3) is 5.91 Å². The Kier molecular flexibility index (Phi) is 4.97. The topological polar surface area (TPSA) is 33.2 Å². The number of thioether (sulfide) groups is 1. The van der Waals surface area contributed by atoms with Gasteiger partial charge in [-0.3, -0.25) is 4.79 Å². The molecule has 1 aliphatic rings. The van der Waals surface area contributed by atoms with E-state index in [1.165, 1.54) is 0 Å². The first-order valence-corrected chi connectivity index (χ1v) is 8.37. The Balaban J connectivity index is 2.16. The van der Waals surface area contributed by atoms with E-state index in [2.05, 4.69) is 18.8 Å². The highest BCUT2D eigenvalue weighted by Gasteiger charge is 2.26. The Morgan fingerprint density at radius 1 is 1.45 bits per heavy atom. The zero-order valence-electron chi connectivity index (χ0n) is 12.3. The molecule has 2 heterocycles. The summed E-state index contributed by atoms with van der Waals surface area (Å²) in [5.41, 5.74) is 1.52. The third-order valence-electron chi connectivity index (χ3n) is 3.58. The lowest BCUT2D eigenvalue weighted by atomic mass is 10.1. The Bertz CT molecular complexity index is 505. The number of pyridine rings is 1. The van der Waals surface area contributed by atoms with Crippen LogP contribution in [0.3, 0.4) is 0 Å². The van der Waals surface area contributed by atoms with Crippen LogP contribution >= 0.6 is 23.4 Å². The average Bonchev–Trinajstić information content (AvgIpc) is 2.58. The molecule has 0 spiro atoms. The van der Waals surface area contributed by atoms with Crippen LogP contribution in [0.2, 0.25) is 5.15 Å². The number of hydrogen-bond acceptors (Lipinski definition) is 3. The maximum atomic E-state index is 12.6. The largest absolute Gasteiger partial charge is 0.338 e. The van der Waals surface area contributed by atoms with Crippen LogP contribution in [0.15, 0.2) is 12.1 Å². The number of nitrogens with zero attached hydrogens (tertiary/aromatic N) is 2. The molecule has 110 valence electrons. The van der Waals surface area contributed by atoms with Crippen LogP contribution in [0.5, 0.6) is 0 Å². The Morgan fingerprint density at radius 3 is 2.90 bits per heavy atom. The van der Waals surface area contributed by atoms with Crippen molar-refractivity contribution in [3.63, 3.8) is 0 Å². The number of aryl methyl sites for hydroxylation is 1. The molecule has 0 unspecified atom stereocenters. The minimum Gasteiger partial charge on any atom is -0.338 e. The smallest absolute Gasteiger partial charge is 0.254 e. The minimum atomic E-state index is 0.0716. The molecule has 1 aromatic rings. The predicted octanol–water partition coefficient (Wildman–Crippen LogP) is 3.66. The van der Waals surface area contributed by atoms with Crippen LogP contribution < -0.4 is 0 Å². The van der Waals surface area contributed by atoms with Crippen molar-refractivity contribution in [2.24, 2.45) is 0 Å². The first-order valence-electron chi connectivity index (χ1n) is 7.01. The lowest BCUT2D eigenvalue weighted by molar-refractivity contribution is 0.0764. The number of carbonyl (C=O) groups is 1. The van der Waals surface area contributed by atoms with Gasteiger partial charge in [-0.25, -0.2) is 4.98 Å². The van der Waals surface area contributed by atoms with E-state index in [1.54, 1.807) is 6.07 Å². The summed E-state index contributed by atoms with van der Waals surface area (Å²) < 4.78 is 0.250. The van der Waals surface area contributed by atoms with Crippen molar-refractivity contribution < 1.29 is 4.79 Å². The van der Waals surface area contributed by atoms with Gasteiger partial charge in [-0.2, -0.15) is 11.8 Å². The van der Waals surface area contributed by atoms with Gasteiger partial charge in [0.1, 0.15) is 5.15 Å². The van der Waals surface area contributed by atoms with Crippen LogP contribution in [0.4, 0.5) is 0 Å². The number of aromatic nitrogens is 1. The predicted molar refractivity (Wildman–Crippen MR) is 85.7 cm³/mol. The van der Waals surface area contributed by atoms with Crippen LogP contribution in [0.25, 0.3) is 0 Å². The summed E-state index contributed by atoms with van der Waals surface area (Å²) in [6.07, 6.45) is 1.80. The van der Waals surface area contributed by atoms with Crippen molar-refractivity contribution in [1.29, 1.82) is 0 Å². The van der Waals surface area contributed by atoms with Gasteiger partial charge in [-0.1, -0.05) is 32.4 Å². The molecule has 0 aromatic carbocycles. The second kappa shape index (κ2) is 6.35. The monoisotopic (exact) mass is 312 g/mol. The third-order valence-corrected chi connectivity index (χ3v) is 5.15. The highest BCUT2D eigenvalue weighted by molar-refractivity contribution is 8.00. The highest BCUT2D eigenvalue weighted by Crippen LogP contribution is 2.31. The summed E-state index contributed by atoms with van der Waals surface area (Å²) in [7, 11) is 0. The fourth-order valence-corrected chi connectivity index (χ4v) is 3.59. The van der Waals surface area contributed by atoms with Crippen molar-refractivity contribution in [2.75, 3.05) is 18.8 Å². The van der Waals surface area contributed by atoms with E-state index in [0.29, 0.717) is 10.7 Å². The number of halogens is 1. The van der Waals surface area contributed by atoms with Gasteiger partial charge in [-0.15, -0.1) is 0 Å². The first-order chi connectivity index (χ1) is 9.41. The Labute approximate surface area is 130 Å². The van der Waals surface area contributed by atoms with E-state index in [1.807, 2.05) is 29.7 Å². The fraction of sp³-hybridized carbons (Fsp3) is 0.600. The van der Waals surface area contributed by atoms with Crippen LogP contribution in [-0.4, -0.2) is 39.4 Å². The van der Waals surface area contributed by atoms with Gasteiger partial charge in [0.2, 0.25) is 0 Å². The molecular weight excluding hydrogens is 292 g/mol. The molecule has 1 amide bonds. The number of amides is 1. The molecule has 0 aliphatic carbocycles. The van der Waals surface area contributed by atoms with Gasteiger partial charge in [-0.05, 0) is 25.0 Å². The van der Waals surface area contributed by atoms with E-state index < -0.39 is 0 Å². The fourth-order valence-electron chi connectivity index (χ4n) is 2.26.